The smallest absolute Gasteiger partial charge is 0.0939 e. The van der Waals surface area contributed by atoms with Gasteiger partial charge >= 0.3 is 0 Å². The Morgan fingerprint density at radius 1 is 1.43 bits per heavy atom. The molecule has 0 saturated heterocycles. The van der Waals surface area contributed by atoms with Gasteiger partial charge in [-0.1, -0.05) is 6.42 Å². The lowest BCUT2D eigenvalue weighted by molar-refractivity contribution is 0.284. The van der Waals surface area contributed by atoms with Gasteiger partial charge in [0.2, 0.25) is 0 Å². The third kappa shape index (κ3) is 3.72. The number of thioether (sulfide) groups is 1. The van der Waals surface area contributed by atoms with Crippen molar-refractivity contribution in [3.63, 3.8) is 0 Å². The summed E-state index contributed by atoms with van der Waals surface area (Å²) in [6.45, 7) is 2.32. The molecule has 0 radical (unpaired) electrons. The summed E-state index contributed by atoms with van der Waals surface area (Å²) in [7, 11) is 1.98. The Bertz CT molecular complexity index is 273. The molecule has 0 unspecified atom stereocenters. The van der Waals surface area contributed by atoms with Gasteiger partial charge in [-0.25, -0.2) is 0 Å². The van der Waals surface area contributed by atoms with Crippen LogP contribution >= 0.6 is 11.8 Å². The van der Waals surface area contributed by atoms with E-state index in [1.165, 1.54) is 5.03 Å². The maximum Gasteiger partial charge on any atom is 0.0939 e. The lowest BCUT2D eigenvalue weighted by Crippen LogP contribution is -1.93. The van der Waals surface area contributed by atoms with Gasteiger partial charge in [-0.05, 0) is 31.6 Å². The minimum absolute atomic E-state index is 0.315. The number of aryl methyl sites for hydroxylation is 2. The fraction of sp³-hybridized carbons (Fsp3) is 0.700. The molecular formula is C10H18N2OS. The molecule has 0 aromatic carbocycles. The summed E-state index contributed by atoms with van der Waals surface area (Å²) < 4.78 is 1.92. The Morgan fingerprint density at radius 2 is 2.21 bits per heavy atom. The molecule has 3 nitrogen and oxygen atoms in total. The largest absolute Gasteiger partial charge is 0.396 e. The highest BCUT2D eigenvalue weighted by Crippen LogP contribution is 2.19. The van der Waals surface area contributed by atoms with Gasteiger partial charge in [0, 0.05) is 13.7 Å². The van der Waals surface area contributed by atoms with Crippen LogP contribution in [0.15, 0.2) is 11.1 Å². The van der Waals surface area contributed by atoms with Crippen LogP contribution in [-0.4, -0.2) is 27.2 Å². The van der Waals surface area contributed by atoms with Crippen LogP contribution in [-0.2, 0) is 7.05 Å². The van der Waals surface area contributed by atoms with Gasteiger partial charge in [0.1, 0.15) is 0 Å². The van der Waals surface area contributed by atoms with Crippen molar-refractivity contribution in [1.29, 1.82) is 0 Å². The molecule has 0 saturated carbocycles. The van der Waals surface area contributed by atoms with Crippen LogP contribution in [0, 0.1) is 6.92 Å². The maximum atomic E-state index is 8.61. The summed E-state index contributed by atoms with van der Waals surface area (Å²) in [6, 6.07) is 2.11. The number of aliphatic hydroxyl groups excluding tert-OH is 1. The normalized spacial score (nSPS) is 10.8. The first kappa shape index (κ1) is 11.6. The molecule has 4 heteroatoms. The highest BCUT2D eigenvalue weighted by molar-refractivity contribution is 7.99. The molecule has 0 bridgehead atoms. The lowest BCUT2D eigenvalue weighted by atomic mass is 10.3. The predicted molar refractivity (Wildman–Crippen MR) is 59.6 cm³/mol. The van der Waals surface area contributed by atoms with Crippen LogP contribution in [0.2, 0.25) is 0 Å². The molecule has 80 valence electrons. The van der Waals surface area contributed by atoms with Crippen molar-refractivity contribution in [3.05, 3.63) is 11.8 Å². The van der Waals surface area contributed by atoms with E-state index in [4.69, 9.17) is 5.11 Å². The molecule has 1 heterocycles. The third-order valence-corrected chi connectivity index (χ3v) is 3.18. The first-order valence-electron chi connectivity index (χ1n) is 4.98. The second kappa shape index (κ2) is 6.09. The van der Waals surface area contributed by atoms with Gasteiger partial charge in [0.05, 0.1) is 10.7 Å². The lowest BCUT2D eigenvalue weighted by Gasteiger charge is -2.00. The van der Waals surface area contributed by atoms with E-state index in [1.54, 1.807) is 0 Å². The van der Waals surface area contributed by atoms with Crippen LogP contribution in [0.1, 0.15) is 25.0 Å². The quantitative estimate of drug-likeness (QED) is 0.581. The van der Waals surface area contributed by atoms with Gasteiger partial charge in [0.15, 0.2) is 0 Å². The van der Waals surface area contributed by atoms with Gasteiger partial charge in [0.25, 0.3) is 0 Å². The first-order valence-corrected chi connectivity index (χ1v) is 5.97. The molecular weight excluding hydrogens is 196 g/mol. The second-order valence-electron chi connectivity index (χ2n) is 3.38. The van der Waals surface area contributed by atoms with Crippen molar-refractivity contribution in [2.75, 3.05) is 12.4 Å². The molecule has 1 aromatic heterocycles. The second-order valence-corrected chi connectivity index (χ2v) is 4.50. The monoisotopic (exact) mass is 214 g/mol. The average molecular weight is 214 g/mol. The van der Waals surface area contributed by atoms with Crippen LogP contribution in [0.4, 0.5) is 0 Å². The van der Waals surface area contributed by atoms with E-state index in [1.807, 2.05) is 30.4 Å². The highest BCUT2D eigenvalue weighted by atomic mass is 32.2. The Labute approximate surface area is 89.5 Å². The molecule has 0 aliphatic carbocycles. The van der Waals surface area contributed by atoms with E-state index in [0.717, 1.165) is 30.7 Å². The van der Waals surface area contributed by atoms with Crippen LogP contribution in [0.25, 0.3) is 0 Å². The predicted octanol–water partition coefficient (Wildman–Crippen LogP) is 1.98. The number of unbranched alkanes of at least 4 members (excludes halogenated alkanes) is 2. The molecule has 1 N–H and O–H groups in total. The summed E-state index contributed by atoms with van der Waals surface area (Å²) >= 11 is 1.84. The molecule has 0 atom stereocenters. The van der Waals surface area contributed by atoms with Crippen molar-refractivity contribution in [2.45, 2.75) is 31.2 Å². The zero-order valence-electron chi connectivity index (χ0n) is 8.86. The number of aromatic nitrogens is 2. The minimum Gasteiger partial charge on any atom is -0.396 e. The van der Waals surface area contributed by atoms with Crippen molar-refractivity contribution in [1.82, 2.24) is 9.78 Å². The van der Waals surface area contributed by atoms with E-state index in [9.17, 15) is 0 Å². The molecule has 1 aromatic rings. The minimum atomic E-state index is 0.315. The van der Waals surface area contributed by atoms with Gasteiger partial charge in [-0.2, -0.15) is 5.10 Å². The highest BCUT2D eigenvalue weighted by Gasteiger charge is 2.01. The van der Waals surface area contributed by atoms with Crippen LogP contribution in [0.3, 0.4) is 0 Å². The summed E-state index contributed by atoms with van der Waals surface area (Å²) in [4.78, 5) is 0. The Kier molecular flexibility index (Phi) is 5.04. The topological polar surface area (TPSA) is 38.0 Å². The number of rotatable bonds is 6. The third-order valence-electron chi connectivity index (χ3n) is 2.01. The van der Waals surface area contributed by atoms with Crippen molar-refractivity contribution in [3.8, 4) is 0 Å². The number of hydrogen-bond donors (Lipinski definition) is 1. The van der Waals surface area contributed by atoms with E-state index in [-0.39, 0.29) is 0 Å². The standard InChI is InChI=1S/C10H18N2OS/c1-9-8-10(12(2)11-9)14-7-5-3-4-6-13/h8,13H,3-7H2,1-2H3. The number of nitrogens with zero attached hydrogens (tertiary/aromatic N) is 2. The number of hydrogen-bond acceptors (Lipinski definition) is 3. The molecule has 0 fully saturated rings. The van der Waals surface area contributed by atoms with Gasteiger partial charge in [-0.3, -0.25) is 4.68 Å². The van der Waals surface area contributed by atoms with Crippen molar-refractivity contribution < 1.29 is 5.11 Å². The number of aliphatic hydroxyl groups is 1. The zero-order valence-corrected chi connectivity index (χ0v) is 9.68. The van der Waals surface area contributed by atoms with Crippen molar-refractivity contribution >= 4 is 11.8 Å². The van der Waals surface area contributed by atoms with E-state index >= 15 is 0 Å². The van der Waals surface area contributed by atoms with Crippen LogP contribution in [0.5, 0.6) is 0 Å². The summed E-state index contributed by atoms with van der Waals surface area (Å²) in [6.07, 6.45) is 3.20. The van der Waals surface area contributed by atoms with Gasteiger partial charge < -0.3 is 5.11 Å². The zero-order chi connectivity index (χ0) is 10.4. The Morgan fingerprint density at radius 3 is 2.79 bits per heavy atom. The molecule has 14 heavy (non-hydrogen) atoms. The van der Waals surface area contributed by atoms with E-state index in [2.05, 4.69) is 11.2 Å². The molecule has 1 rings (SSSR count). The SMILES string of the molecule is Cc1cc(SCCCCCO)n(C)n1. The van der Waals surface area contributed by atoms with Crippen LogP contribution < -0.4 is 0 Å². The summed E-state index contributed by atoms with van der Waals surface area (Å²) in [5.74, 6) is 1.11. The maximum absolute atomic E-state index is 8.61. The van der Waals surface area contributed by atoms with Crippen molar-refractivity contribution in [2.24, 2.45) is 7.05 Å². The van der Waals surface area contributed by atoms with E-state index in [0.29, 0.717) is 6.61 Å². The fourth-order valence-corrected chi connectivity index (χ4v) is 2.33. The molecule has 0 aliphatic heterocycles. The van der Waals surface area contributed by atoms with Gasteiger partial charge in [-0.15, -0.1) is 11.8 Å². The first-order chi connectivity index (χ1) is 6.74. The molecule has 0 aliphatic rings. The molecule has 0 amide bonds. The Hall–Kier alpha value is -0.480. The summed E-state index contributed by atoms with van der Waals surface area (Å²) in [5.41, 5.74) is 1.07. The van der Waals surface area contributed by atoms with E-state index < -0.39 is 0 Å². The average Bonchev–Trinajstić information content (AvgIpc) is 2.45. The fourth-order valence-electron chi connectivity index (χ4n) is 1.29. The Balaban J connectivity index is 2.21. The molecule has 0 spiro atoms. The summed E-state index contributed by atoms with van der Waals surface area (Å²) in [5, 5.41) is 14.1.